The van der Waals surface area contributed by atoms with Crippen molar-refractivity contribution in [1.82, 2.24) is 10.2 Å². The summed E-state index contributed by atoms with van der Waals surface area (Å²) in [6.45, 7) is 14.0. The lowest BCUT2D eigenvalue weighted by Gasteiger charge is -2.36. The zero-order valence-electron chi connectivity index (χ0n) is 13.4. The third-order valence-corrected chi connectivity index (χ3v) is 4.90. The summed E-state index contributed by atoms with van der Waals surface area (Å²) in [4.78, 5) is 2.49. The van der Waals surface area contributed by atoms with Gasteiger partial charge < -0.3 is 10.2 Å². The fourth-order valence-electron chi connectivity index (χ4n) is 2.90. The Morgan fingerprint density at radius 3 is 2.39 bits per heavy atom. The first-order valence-electron chi connectivity index (χ1n) is 7.76. The predicted octanol–water partition coefficient (Wildman–Crippen LogP) is 3.52. The van der Waals surface area contributed by atoms with Crippen LogP contribution in [0.25, 0.3) is 0 Å². The van der Waals surface area contributed by atoms with Crippen LogP contribution in [0.3, 0.4) is 0 Å². The lowest BCUT2D eigenvalue weighted by atomic mass is 9.86. The van der Waals surface area contributed by atoms with Crippen molar-refractivity contribution < 1.29 is 0 Å². The number of likely N-dealkylation sites (N-methyl/N-ethyl adjacent to an activating group) is 1. The number of rotatable bonds is 5. The van der Waals surface area contributed by atoms with Gasteiger partial charge in [0.1, 0.15) is 0 Å². The van der Waals surface area contributed by atoms with Gasteiger partial charge in [0, 0.05) is 25.2 Å². The van der Waals surface area contributed by atoms with Crippen LogP contribution < -0.4 is 5.32 Å². The van der Waals surface area contributed by atoms with Crippen molar-refractivity contribution in [3.8, 4) is 0 Å². The number of nitrogens with one attached hydrogen (secondary N) is 1. The van der Waals surface area contributed by atoms with Gasteiger partial charge >= 0.3 is 0 Å². The van der Waals surface area contributed by atoms with Crippen molar-refractivity contribution in [2.45, 2.75) is 72.4 Å². The monoisotopic (exact) mass is 254 g/mol. The minimum Gasteiger partial charge on any atom is -0.312 e. The van der Waals surface area contributed by atoms with E-state index in [1.807, 2.05) is 0 Å². The zero-order valence-corrected chi connectivity index (χ0v) is 13.4. The molecule has 0 aromatic rings. The summed E-state index contributed by atoms with van der Waals surface area (Å²) in [5.41, 5.74) is 0.368. The molecule has 0 heterocycles. The fraction of sp³-hybridized carbons (Fsp3) is 1.00. The van der Waals surface area contributed by atoms with Crippen LogP contribution >= 0.6 is 0 Å². The Bertz CT molecular complexity index is 232. The summed E-state index contributed by atoms with van der Waals surface area (Å²) in [7, 11) is 2.25. The minimum absolute atomic E-state index is 0.368. The molecule has 0 saturated heterocycles. The van der Waals surface area contributed by atoms with E-state index in [1.54, 1.807) is 0 Å². The van der Waals surface area contributed by atoms with Crippen LogP contribution in [-0.4, -0.2) is 37.1 Å². The molecule has 1 N–H and O–H groups in total. The third-order valence-electron chi connectivity index (χ3n) is 4.90. The molecule has 0 aromatic heterocycles. The standard InChI is InChI=1S/C16H34N2/c1-13-9-7-8-10-15(13)17-11-12-18(6)14(2)16(3,4)5/h13-15,17H,7-12H2,1-6H3. The van der Waals surface area contributed by atoms with Gasteiger partial charge in [-0.1, -0.05) is 40.5 Å². The van der Waals surface area contributed by atoms with Crippen LogP contribution in [-0.2, 0) is 0 Å². The molecule has 0 spiro atoms. The molecule has 0 aromatic carbocycles. The van der Waals surface area contributed by atoms with E-state index in [4.69, 9.17) is 0 Å². The average Bonchev–Trinajstić information content (AvgIpc) is 2.29. The maximum Gasteiger partial charge on any atom is 0.0113 e. The van der Waals surface area contributed by atoms with Gasteiger partial charge in [-0.05, 0) is 38.1 Å². The van der Waals surface area contributed by atoms with Gasteiger partial charge in [-0.3, -0.25) is 0 Å². The highest BCUT2D eigenvalue weighted by Crippen LogP contribution is 2.24. The van der Waals surface area contributed by atoms with Gasteiger partial charge in [0.2, 0.25) is 0 Å². The maximum absolute atomic E-state index is 3.77. The van der Waals surface area contributed by atoms with Crippen LogP contribution in [0.1, 0.15) is 60.3 Å². The number of nitrogens with zero attached hydrogens (tertiary/aromatic N) is 1. The molecule has 0 bridgehead atoms. The molecule has 2 heteroatoms. The molecule has 2 nitrogen and oxygen atoms in total. The maximum atomic E-state index is 3.77. The summed E-state index contributed by atoms with van der Waals surface area (Å²) >= 11 is 0. The van der Waals surface area contributed by atoms with Gasteiger partial charge in [-0.25, -0.2) is 0 Å². The second-order valence-electron chi connectivity index (χ2n) is 7.34. The molecule has 1 aliphatic rings. The summed E-state index contributed by atoms with van der Waals surface area (Å²) in [6.07, 6.45) is 5.63. The molecule has 0 amide bonds. The molecule has 1 aliphatic carbocycles. The normalized spacial score (nSPS) is 27.5. The topological polar surface area (TPSA) is 15.3 Å². The lowest BCUT2D eigenvalue weighted by Crippen LogP contribution is -2.45. The summed E-state index contributed by atoms with van der Waals surface area (Å²) in [6, 6.07) is 1.39. The van der Waals surface area contributed by atoms with Crippen LogP contribution in [0, 0.1) is 11.3 Å². The lowest BCUT2D eigenvalue weighted by molar-refractivity contribution is 0.138. The third kappa shape index (κ3) is 4.89. The molecular weight excluding hydrogens is 220 g/mol. The molecule has 1 fully saturated rings. The van der Waals surface area contributed by atoms with E-state index >= 15 is 0 Å². The van der Waals surface area contributed by atoms with E-state index in [9.17, 15) is 0 Å². The molecule has 1 saturated carbocycles. The fourth-order valence-corrected chi connectivity index (χ4v) is 2.90. The largest absolute Gasteiger partial charge is 0.312 e. The highest BCUT2D eigenvalue weighted by Gasteiger charge is 2.24. The second-order valence-corrected chi connectivity index (χ2v) is 7.34. The van der Waals surface area contributed by atoms with Gasteiger partial charge in [0.05, 0.1) is 0 Å². The molecule has 108 valence electrons. The highest BCUT2D eigenvalue weighted by atomic mass is 15.1. The SMILES string of the molecule is CC1CCCCC1NCCN(C)C(C)C(C)(C)C. The smallest absolute Gasteiger partial charge is 0.0113 e. The van der Waals surface area contributed by atoms with E-state index in [2.05, 4.69) is 51.9 Å². The van der Waals surface area contributed by atoms with E-state index < -0.39 is 0 Å². The predicted molar refractivity (Wildman–Crippen MR) is 81.0 cm³/mol. The van der Waals surface area contributed by atoms with Crippen molar-refractivity contribution in [3.05, 3.63) is 0 Å². The summed E-state index contributed by atoms with van der Waals surface area (Å²) < 4.78 is 0. The molecule has 3 atom stereocenters. The van der Waals surface area contributed by atoms with Gasteiger partial charge in [0.15, 0.2) is 0 Å². The molecule has 18 heavy (non-hydrogen) atoms. The molecule has 1 rings (SSSR count). The minimum atomic E-state index is 0.368. The van der Waals surface area contributed by atoms with Crippen molar-refractivity contribution in [2.24, 2.45) is 11.3 Å². The number of hydrogen-bond donors (Lipinski definition) is 1. The molecule has 3 unspecified atom stereocenters. The van der Waals surface area contributed by atoms with E-state index in [1.165, 1.54) is 25.7 Å². The van der Waals surface area contributed by atoms with Crippen molar-refractivity contribution in [2.75, 3.05) is 20.1 Å². The van der Waals surface area contributed by atoms with Crippen molar-refractivity contribution in [1.29, 1.82) is 0 Å². The summed E-state index contributed by atoms with van der Waals surface area (Å²) in [5, 5.41) is 3.77. The Hall–Kier alpha value is -0.0800. The Morgan fingerprint density at radius 1 is 1.22 bits per heavy atom. The van der Waals surface area contributed by atoms with E-state index in [-0.39, 0.29) is 0 Å². The Morgan fingerprint density at radius 2 is 1.83 bits per heavy atom. The van der Waals surface area contributed by atoms with E-state index in [0.717, 1.165) is 25.0 Å². The zero-order chi connectivity index (χ0) is 13.8. The van der Waals surface area contributed by atoms with Crippen molar-refractivity contribution in [3.63, 3.8) is 0 Å². The van der Waals surface area contributed by atoms with Crippen molar-refractivity contribution >= 4 is 0 Å². The first kappa shape index (κ1) is 16.0. The molecular formula is C16H34N2. The Labute approximate surface area is 115 Å². The van der Waals surface area contributed by atoms with Gasteiger partial charge in [0.25, 0.3) is 0 Å². The number of hydrogen-bond acceptors (Lipinski definition) is 2. The molecule has 0 radical (unpaired) electrons. The second kappa shape index (κ2) is 6.91. The van der Waals surface area contributed by atoms with Crippen LogP contribution in [0.2, 0.25) is 0 Å². The Balaban J connectivity index is 2.24. The first-order valence-corrected chi connectivity index (χ1v) is 7.76. The molecule has 0 aliphatic heterocycles. The van der Waals surface area contributed by atoms with Crippen LogP contribution in [0.4, 0.5) is 0 Å². The summed E-state index contributed by atoms with van der Waals surface area (Å²) in [5.74, 6) is 0.865. The highest BCUT2D eigenvalue weighted by molar-refractivity contribution is 4.80. The first-order chi connectivity index (χ1) is 8.32. The van der Waals surface area contributed by atoms with Gasteiger partial charge in [-0.15, -0.1) is 0 Å². The Kier molecular flexibility index (Phi) is 6.13. The van der Waals surface area contributed by atoms with E-state index in [0.29, 0.717) is 11.5 Å². The van der Waals surface area contributed by atoms with Crippen LogP contribution in [0.15, 0.2) is 0 Å². The van der Waals surface area contributed by atoms with Gasteiger partial charge in [-0.2, -0.15) is 0 Å². The van der Waals surface area contributed by atoms with Crippen LogP contribution in [0.5, 0.6) is 0 Å². The quantitative estimate of drug-likeness (QED) is 0.807. The average molecular weight is 254 g/mol.